The summed E-state index contributed by atoms with van der Waals surface area (Å²) in [6.45, 7) is 3.62. The molecule has 0 aliphatic heterocycles. The first kappa shape index (κ1) is 17.9. The van der Waals surface area contributed by atoms with Gasteiger partial charge in [-0.1, -0.05) is 11.2 Å². The molecule has 0 fully saturated rings. The van der Waals surface area contributed by atoms with Gasteiger partial charge in [0.1, 0.15) is 23.5 Å². The van der Waals surface area contributed by atoms with Crippen molar-refractivity contribution >= 4 is 6.03 Å². The normalized spacial score (nSPS) is 12.0. The first-order valence-corrected chi connectivity index (χ1v) is 7.45. The number of hydrogen-bond donors (Lipinski definition) is 3. The maximum atomic E-state index is 13.5. The van der Waals surface area contributed by atoms with Gasteiger partial charge in [-0.05, 0) is 32.4 Å². The molecule has 1 heterocycles. The van der Waals surface area contributed by atoms with E-state index in [4.69, 9.17) is 4.52 Å². The van der Waals surface area contributed by atoms with Crippen LogP contribution in [0.5, 0.6) is 0 Å². The lowest BCUT2D eigenvalue weighted by Gasteiger charge is -2.14. The van der Waals surface area contributed by atoms with Crippen LogP contribution in [0.2, 0.25) is 0 Å². The summed E-state index contributed by atoms with van der Waals surface area (Å²) in [4.78, 5) is 11.7. The van der Waals surface area contributed by atoms with Gasteiger partial charge in [-0.15, -0.1) is 0 Å². The van der Waals surface area contributed by atoms with Gasteiger partial charge in [-0.2, -0.15) is 0 Å². The molecule has 1 atom stereocenters. The molecule has 1 aromatic carbocycles. The van der Waals surface area contributed by atoms with E-state index < -0.39 is 29.3 Å². The van der Waals surface area contributed by atoms with Crippen LogP contribution in [0.15, 0.2) is 22.7 Å². The maximum Gasteiger partial charge on any atom is 0.314 e. The zero-order chi connectivity index (χ0) is 17.7. The minimum Gasteiger partial charge on any atom is -0.386 e. The Bertz CT molecular complexity index is 679. The monoisotopic (exact) mass is 339 g/mol. The van der Waals surface area contributed by atoms with E-state index in [2.05, 4.69) is 15.8 Å². The summed E-state index contributed by atoms with van der Waals surface area (Å²) in [5.41, 5.74) is 1.22. The van der Waals surface area contributed by atoms with Gasteiger partial charge in [0.25, 0.3) is 0 Å². The number of halogens is 2. The van der Waals surface area contributed by atoms with E-state index in [-0.39, 0.29) is 6.54 Å². The Kier molecular flexibility index (Phi) is 5.86. The minimum absolute atomic E-state index is 0.311. The fourth-order valence-electron chi connectivity index (χ4n) is 2.34. The molecule has 3 N–H and O–H groups in total. The van der Waals surface area contributed by atoms with Gasteiger partial charge in [0.15, 0.2) is 0 Å². The number of aliphatic hydroxyl groups is 1. The fraction of sp³-hybridized carbons (Fsp3) is 0.375. The zero-order valence-corrected chi connectivity index (χ0v) is 13.4. The number of urea groups is 1. The Morgan fingerprint density at radius 2 is 1.96 bits per heavy atom. The molecule has 1 aromatic heterocycles. The lowest BCUT2D eigenvalue weighted by molar-refractivity contribution is 0.164. The molecule has 24 heavy (non-hydrogen) atoms. The molecule has 0 aliphatic rings. The first-order chi connectivity index (χ1) is 11.4. The molecule has 2 amide bonds. The van der Waals surface area contributed by atoms with Crippen LogP contribution >= 0.6 is 0 Å². The molecule has 0 spiro atoms. The molecule has 6 nitrogen and oxygen atoms in total. The van der Waals surface area contributed by atoms with Gasteiger partial charge in [0.2, 0.25) is 0 Å². The molecular weight excluding hydrogens is 320 g/mol. The second kappa shape index (κ2) is 7.87. The van der Waals surface area contributed by atoms with Crippen molar-refractivity contribution in [3.8, 4) is 0 Å². The van der Waals surface area contributed by atoms with E-state index >= 15 is 0 Å². The van der Waals surface area contributed by atoms with Gasteiger partial charge in [-0.25, -0.2) is 13.6 Å². The van der Waals surface area contributed by atoms with Crippen molar-refractivity contribution in [2.24, 2.45) is 0 Å². The topological polar surface area (TPSA) is 87.4 Å². The van der Waals surface area contributed by atoms with E-state index in [1.165, 1.54) is 6.07 Å². The Balaban J connectivity index is 1.79. The van der Waals surface area contributed by atoms with Crippen LogP contribution in [0.1, 0.15) is 28.7 Å². The molecule has 8 heteroatoms. The van der Waals surface area contributed by atoms with Crippen LogP contribution in [-0.4, -0.2) is 29.4 Å². The summed E-state index contributed by atoms with van der Waals surface area (Å²) >= 11 is 0. The van der Waals surface area contributed by atoms with Crippen molar-refractivity contribution in [3.63, 3.8) is 0 Å². The lowest BCUT2D eigenvalue weighted by atomic mass is 10.1. The van der Waals surface area contributed by atoms with Crippen molar-refractivity contribution in [2.75, 3.05) is 13.1 Å². The number of aromatic nitrogens is 1. The molecule has 0 bridgehead atoms. The predicted octanol–water partition coefficient (Wildman–Crippen LogP) is 2.14. The quantitative estimate of drug-likeness (QED) is 0.752. The third-order valence-corrected chi connectivity index (χ3v) is 3.63. The summed E-state index contributed by atoms with van der Waals surface area (Å²) in [6, 6.07) is 2.75. The van der Waals surface area contributed by atoms with Gasteiger partial charge >= 0.3 is 6.03 Å². The van der Waals surface area contributed by atoms with Gasteiger partial charge < -0.3 is 20.3 Å². The highest BCUT2D eigenvalue weighted by molar-refractivity contribution is 5.73. The predicted molar refractivity (Wildman–Crippen MR) is 82.4 cm³/mol. The standard InChI is InChI=1S/C16H19F2N3O3/c1-9-11(10(2)24-21-9)6-7-19-16(23)20-8-14(22)15-12(17)4-3-5-13(15)18/h3-5,14,22H,6-8H2,1-2H3,(H2,19,20,23). The molecule has 130 valence electrons. The average molecular weight is 339 g/mol. The molecule has 1 unspecified atom stereocenters. The van der Waals surface area contributed by atoms with Crippen LogP contribution in [0.25, 0.3) is 0 Å². The Morgan fingerprint density at radius 1 is 1.29 bits per heavy atom. The summed E-state index contributed by atoms with van der Waals surface area (Å²) in [5.74, 6) is -1.02. The van der Waals surface area contributed by atoms with Crippen molar-refractivity contribution in [3.05, 3.63) is 52.4 Å². The maximum absolute atomic E-state index is 13.5. The van der Waals surface area contributed by atoms with Crippen molar-refractivity contribution in [1.82, 2.24) is 15.8 Å². The largest absolute Gasteiger partial charge is 0.386 e. The smallest absolute Gasteiger partial charge is 0.314 e. The number of rotatable bonds is 6. The molecule has 2 rings (SSSR count). The third kappa shape index (κ3) is 4.29. The Morgan fingerprint density at radius 3 is 2.54 bits per heavy atom. The Labute approximate surface area is 137 Å². The summed E-state index contributed by atoms with van der Waals surface area (Å²) in [7, 11) is 0. The van der Waals surface area contributed by atoms with Crippen molar-refractivity contribution in [1.29, 1.82) is 0 Å². The van der Waals surface area contributed by atoms with E-state index in [1.54, 1.807) is 6.92 Å². The average Bonchev–Trinajstić information content (AvgIpc) is 2.84. The summed E-state index contributed by atoms with van der Waals surface area (Å²) in [6.07, 6.45) is -0.932. The molecule has 0 saturated carbocycles. The highest BCUT2D eigenvalue weighted by atomic mass is 19.1. The molecule has 0 aliphatic carbocycles. The molecule has 0 radical (unpaired) electrons. The van der Waals surface area contributed by atoms with Crippen LogP contribution < -0.4 is 10.6 Å². The highest BCUT2D eigenvalue weighted by Crippen LogP contribution is 2.19. The molecule has 0 saturated heterocycles. The van der Waals surface area contributed by atoms with Crippen LogP contribution in [0.3, 0.4) is 0 Å². The number of nitrogens with zero attached hydrogens (tertiary/aromatic N) is 1. The number of carbonyl (C=O) groups is 1. The van der Waals surface area contributed by atoms with E-state index in [0.29, 0.717) is 18.7 Å². The molecule has 2 aromatic rings. The number of aliphatic hydroxyl groups excluding tert-OH is 1. The van der Waals surface area contributed by atoms with Gasteiger partial charge in [0, 0.05) is 18.7 Å². The number of benzene rings is 1. The van der Waals surface area contributed by atoms with E-state index in [0.717, 1.165) is 23.4 Å². The van der Waals surface area contributed by atoms with Crippen LogP contribution in [0.4, 0.5) is 13.6 Å². The fourth-order valence-corrected chi connectivity index (χ4v) is 2.34. The zero-order valence-electron chi connectivity index (χ0n) is 13.4. The Hall–Kier alpha value is -2.48. The number of aryl methyl sites for hydroxylation is 2. The SMILES string of the molecule is Cc1noc(C)c1CCNC(=O)NCC(O)c1c(F)cccc1F. The van der Waals surface area contributed by atoms with Gasteiger partial charge in [0.05, 0.1) is 11.3 Å². The number of carbonyl (C=O) groups excluding carboxylic acids is 1. The second-order valence-electron chi connectivity index (χ2n) is 5.34. The van der Waals surface area contributed by atoms with Crippen molar-refractivity contribution < 1.29 is 23.2 Å². The second-order valence-corrected chi connectivity index (χ2v) is 5.34. The first-order valence-electron chi connectivity index (χ1n) is 7.45. The number of hydrogen-bond acceptors (Lipinski definition) is 4. The number of amides is 2. The summed E-state index contributed by atoms with van der Waals surface area (Å²) < 4.78 is 32.1. The molecular formula is C16H19F2N3O3. The minimum atomic E-state index is -1.47. The van der Waals surface area contributed by atoms with Crippen LogP contribution in [0, 0.1) is 25.5 Å². The van der Waals surface area contributed by atoms with E-state index in [9.17, 15) is 18.7 Å². The van der Waals surface area contributed by atoms with E-state index in [1.807, 2.05) is 6.92 Å². The van der Waals surface area contributed by atoms with Gasteiger partial charge in [-0.3, -0.25) is 0 Å². The van der Waals surface area contributed by atoms with Crippen LogP contribution in [-0.2, 0) is 6.42 Å². The van der Waals surface area contributed by atoms with Crippen molar-refractivity contribution in [2.45, 2.75) is 26.4 Å². The lowest BCUT2D eigenvalue weighted by Crippen LogP contribution is -2.39. The highest BCUT2D eigenvalue weighted by Gasteiger charge is 2.18. The summed E-state index contributed by atoms with van der Waals surface area (Å²) in [5, 5.41) is 18.6. The number of nitrogens with one attached hydrogen (secondary N) is 2. The third-order valence-electron chi connectivity index (χ3n) is 3.63.